The van der Waals surface area contributed by atoms with E-state index in [1.165, 1.54) is 11.8 Å². The zero-order chi connectivity index (χ0) is 32.9. The van der Waals surface area contributed by atoms with Crippen LogP contribution >= 0.6 is 23.2 Å². The quantitative estimate of drug-likeness (QED) is 0.262. The van der Waals surface area contributed by atoms with E-state index < -0.39 is 11.6 Å². The van der Waals surface area contributed by atoms with Gasteiger partial charge in [0.1, 0.15) is 11.4 Å². The summed E-state index contributed by atoms with van der Waals surface area (Å²) in [5, 5.41) is 6.93. The van der Waals surface area contributed by atoms with E-state index in [2.05, 4.69) is 32.7 Å². The Labute approximate surface area is 286 Å². The van der Waals surface area contributed by atoms with Gasteiger partial charge in [0, 0.05) is 43.3 Å². The van der Waals surface area contributed by atoms with Crippen molar-refractivity contribution in [3.63, 3.8) is 0 Å². The molecule has 6 heterocycles. The van der Waals surface area contributed by atoms with E-state index in [-0.39, 0.29) is 29.6 Å². The summed E-state index contributed by atoms with van der Waals surface area (Å²) in [6.45, 7) is 5.90. The number of amides is 2. The van der Waals surface area contributed by atoms with Crippen LogP contribution in [-0.4, -0.2) is 34.9 Å². The number of para-hydroxylation sites is 2. The molecule has 4 fully saturated rings. The minimum atomic E-state index is -1.08. The molecular formula is C36H30Cl2N4O6. The first-order valence-corrected chi connectivity index (χ1v) is 16.7. The third-order valence-corrected chi connectivity index (χ3v) is 10.7. The smallest absolute Gasteiger partial charge is 0.292 e. The third-order valence-electron chi connectivity index (χ3n) is 10.3. The molecule has 4 unspecified atom stereocenters. The highest BCUT2D eigenvalue weighted by molar-refractivity contribution is 6.30. The summed E-state index contributed by atoms with van der Waals surface area (Å²) in [5.74, 6) is 1.75. The van der Waals surface area contributed by atoms with E-state index in [0.717, 1.165) is 47.7 Å². The second kappa shape index (κ2) is 10.6. The first-order chi connectivity index (χ1) is 23.1. The number of nitrogens with one attached hydrogen (secondary N) is 2. The lowest BCUT2D eigenvalue weighted by Gasteiger charge is -2.22. The summed E-state index contributed by atoms with van der Waals surface area (Å²) in [5.41, 5.74) is 3.41. The molecule has 2 saturated carbocycles. The van der Waals surface area contributed by atoms with E-state index in [1.54, 1.807) is 31.3 Å². The highest BCUT2D eigenvalue weighted by Crippen LogP contribution is 2.62. The number of hydrogen-bond acceptors (Lipinski definition) is 9. The lowest BCUT2D eigenvalue weighted by molar-refractivity contribution is -0.127. The molecule has 6 aliphatic rings. The maximum absolute atomic E-state index is 11.9. The number of rotatable bonds is 4. The van der Waals surface area contributed by atoms with Crippen molar-refractivity contribution in [2.75, 3.05) is 13.1 Å². The molecular weight excluding hydrogens is 655 g/mol. The normalized spacial score (nSPS) is 32.6. The van der Waals surface area contributed by atoms with Crippen LogP contribution in [0.3, 0.4) is 0 Å². The third kappa shape index (κ3) is 4.64. The number of pyridine rings is 2. The molecule has 0 radical (unpaired) electrons. The molecule has 48 heavy (non-hydrogen) atoms. The van der Waals surface area contributed by atoms with Crippen molar-refractivity contribution in [3.05, 3.63) is 106 Å². The average molecular weight is 686 g/mol. The molecule has 6 atom stereocenters. The zero-order valence-electron chi connectivity index (χ0n) is 25.9. The van der Waals surface area contributed by atoms with E-state index in [1.807, 2.05) is 37.3 Å². The number of benzene rings is 2. The molecule has 244 valence electrons. The van der Waals surface area contributed by atoms with Crippen LogP contribution in [0.4, 0.5) is 0 Å². The van der Waals surface area contributed by atoms with Crippen LogP contribution in [0.5, 0.6) is 23.0 Å². The van der Waals surface area contributed by atoms with Crippen LogP contribution in [-0.2, 0) is 21.2 Å². The van der Waals surface area contributed by atoms with Gasteiger partial charge in [-0.3, -0.25) is 24.9 Å². The highest BCUT2D eigenvalue weighted by Gasteiger charge is 2.65. The molecule has 4 aromatic rings. The molecule has 2 amide bonds. The monoisotopic (exact) mass is 684 g/mol. The largest absolute Gasteiger partial charge is 0.443 e. The van der Waals surface area contributed by atoms with Crippen molar-refractivity contribution < 1.29 is 28.5 Å². The Morgan fingerprint density at radius 1 is 0.646 bits per heavy atom. The van der Waals surface area contributed by atoms with Gasteiger partial charge >= 0.3 is 0 Å². The molecule has 2 aromatic heterocycles. The summed E-state index contributed by atoms with van der Waals surface area (Å²) in [7, 11) is 0. The average Bonchev–Trinajstić information content (AvgIpc) is 3.67. The van der Waals surface area contributed by atoms with E-state index >= 15 is 0 Å². The van der Waals surface area contributed by atoms with Gasteiger partial charge in [-0.25, -0.2) is 0 Å². The van der Waals surface area contributed by atoms with Crippen molar-refractivity contribution in [1.82, 2.24) is 20.6 Å². The maximum atomic E-state index is 11.9. The van der Waals surface area contributed by atoms with Crippen molar-refractivity contribution in [2.24, 2.45) is 23.7 Å². The SMILES string of the molecule is C[C@@]1(c2ccc(Cl)cn2)Oc2cccc(C3C4C(=O)NC(=O)C43)c2O1.C[C@@]1(c2ccc(Cl)cn2)Oc2cccc(C3C4CNCC43)c2O1. The number of imide groups is 1. The minimum Gasteiger partial charge on any atom is -0.443 e. The number of nitrogens with zero attached hydrogens (tertiary/aromatic N) is 2. The first kappa shape index (κ1) is 29.7. The number of fused-ring (bicyclic) bond motifs is 4. The summed E-state index contributed by atoms with van der Waals surface area (Å²) in [4.78, 5) is 32.4. The molecule has 12 heteroatoms. The van der Waals surface area contributed by atoms with Crippen LogP contribution in [0.15, 0.2) is 73.1 Å². The van der Waals surface area contributed by atoms with Gasteiger partial charge in [0.25, 0.3) is 11.6 Å². The number of ether oxygens (including phenoxy) is 4. The van der Waals surface area contributed by atoms with Crippen molar-refractivity contribution in [2.45, 2.75) is 37.3 Å². The Balaban J connectivity index is 0.000000131. The molecule has 2 saturated heterocycles. The Morgan fingerprint density at radius 3 is 1.58 bits per heavy atom. The Morgan fingerprint density at radius 2 is 1.12 bits per heavy atom. The molecule has 2 aliphatic carbocycles. The van der Waals surface area contributed by atoms with Gasteiger partial charge in [0.05, 0.1) is 21.9 Å². The lowest BCUT2D eigenvalue weighted by atomic mass is 10.1. The molecule has 0 bridgehead atoms. The topological polar surface area (TPSA) is 121 Å². The van der Waals surface area contributed by atoms with E-state index in [4.69, 9.17) is 42.1 Å². The number of carbonyl (C=O) groups is 2. The van der Waals surface area contributed by atoms with Crippen LogP contribution in [0.25, 0.3) is 0 Å². The second-order valence-corrected chi connectivity index (χ2v) is 14.2. The molecule has 0 spiro atoms. The van der Waals surface area contributed by atoms with E-state index in [0.29, 0.717) is 33.2 Å². The van der Waals surface area contributed by atoms with Crippen molar-refractivity contribution in [3.8, 4) is 23.0 Å². The lowest BCUT2D eigenvalue weighted by Crippen LogP contribution is -2.32. The number of piperidine rings is 2. The van der Waals surface area contributed by atoms with Gasteiger partial charge in [-0.15, -0.1) is 0 Å². The van der Waals surface area contributed by atoms with Crippen molar-refractivity contribution in [1.29, 1.82) is 0 Å². The van der Waals surface area contributed by atoms with Crippen LogP contribution in [0, 0.1) is 23.7 Å². The predicted octanol–water partition coefficient (Wildman–Crippen LogP) is 5.68. The fourth-order valence-corrected chi connectivity index (χ4v) is 8.06. The fourth-order valence-electron chi connectivity index (χ4n) is 7.84. The Bertz CT molecular complexity index is 1960. The summed E-state index contributed by atoms with van der Waals surface area (Å²) in [6, 6.07) is 18.9. The van der Waals surface area contributed by atoms with Gasteiger partial charge in [-0.2, -0.15) is 0 Å². The van der Waals surface area contributed by atoms with Crippen LogP contribution in [0.2, 0.25) is 10.0 Å². The molecule has 2 aromatic carbocycles. The number of halogens is 2. The van der Waals surface area contributed by atoms with Gasteiger partial charge < -0.3 is 24.3 Å². The van der Waals surface area contributed by atoms with E-state index in [9.17, 15) is 9.59 Å². The first-order valence-electron chi connectivity index (χ1n) is 15.9. The number of hydrogen-bond donors (Lipinski definition) is 2. The van der Waals surface area contributed by atoms with Crippen molar-refractivity contribution >= 4 is 35.0 Å². The van der Waals surface area contributed by atoms with Gasteiger partial charge in [0.2, 0.25) is 11.8 Å². The highest BCUT2D eigenvalue weighted by atomic mass is 35.5. The standard InChI is InChI=1S/C18H13ClN2O4.C18H17ClN2O2/c1-18(11-6-5-8(19)7-20-11)24-10-4-2-3-9(15(10)25-18)12-13-14(12)17(23)21-16(13)22;1-18(15-6-5-10(19)7-21-15)22-14-4-2-3-11(17(14)23-18)16-12-8-20-9-13(12)16/h2-7,12-14H,1H3,(H,21,22,23);2-7,12-13,16,20H,8-9H2,1H3/t12?,13?,14?,18-;12?,13?,16?,18-/m11/s1. The molecule has 2 N–H and O–H groups in total. The predicted molar refractivity (Wildman–Crippen MR) is 174 cm³/mol. The maximum Gasteiger partial charge on any atom is 0.292 e. The molecule has 4 aliphatic heterocycles. The van der Waals surface area contributed by atoms with Crippen LogP contribution in [0.1, 0.15) is 48.2 Å². The fraction of sp³-hybridized carbons (Fsp3) is 0.333. The minimum absolute atomic E-state index is 0.152. The summed E-state index contributed by atoms with van der Waals surface area (Å²) >= 11 is 11.8. The molecule has 10 rings (SSSR count). The van der Waals surface area contributed by atoms with Gasteiger partial charge in [-0.1, -0.05) is 47.5 Å². The zero-order valence-corrected chi connectivity index (χ0v) is 27.4. The van der Waals surface area contributed by atoms with Gasteiger partial charge in [0.15, 0.2) is 23.0 Å². The summed E-state index contributed by atoms with van der Waals surface area (Å²) < 4.78 is 24.5. The number of aromatic nitrogens is 2. The number of carbonyl (C=O) groups excluding carboxylic acids is 2. The summed E-state index contributed by atoms with van der Waals surface area (Å²) in [6.07, 6.45) is 3.16. The van der Waals surface area contributed by atoms with Gasteiger partial charge in [-0.05, 0) is 67.2 Å². The second-order valence-electron chi connectivity index (χ2n) is 13.3. The Hall–Kier alpha value is -4.38. The Kier molecular flexibility index (Phi) is 6.54. The molecule has 10 nitrogen and oxygen atoms in total. The van der Waals surface area contributed by atoms with Crippen LogP contribution < -0.4 is 29.6 Å².